The van der Waals surface area contributed by atoms with Crippen LogP contribution in [0.5, 0.6) is 0 Å². The van der Waals surface area contributed by atoms with Gasteiger partial charge in [-0.05, 0) is 17.3 Å². The van der Waals surface area contributed by atoms with E-state index in [1.165, 1.54) is 32.1 Å². The number of hydrogen-bond acceptors (Lipinski definition) is 0. The Kier molecular flexibility index (Phi) is 4.09. The van der Waals surface area contributed by atoms with E-state index in [-0.39, 0.29) is 0 Å². The second-order valence-corrected chi connectivity index (χ2v) is 5.83. The molecule has 1 aliphatic rings. The summed E-state index contributed by atoms with van der Waals surface area (Å²) in [7, 11) is 0. The van der Waals surface area contributed by atoms with Crippen molar-refractivity contribution in [2.75, 3.05) is 5.88 Å². The number of rotatable bonds is 2. The van der Waals surface area contributed by atoms with Crippen molar-refractivity contribution in [2.45, 2.75) is 52.9 Å². The van der Waals surface area contributed by atoms with Crippen LogP contribution in [0.1, 0.15) is 52.9 Å². The van der Waals surface area contributed by atoms with E-state index in [9.17, 15) is 0 Å². The average molecular weight is 203 g/mol. The zero-order valence-electron chi connectivity index (χ0n) is 9.28. The number of hydrogen-bond donors (Lipinski definition) is 0. The molecule has 0 N–H and O–H groups in total. The van der Waals surface area contributed by atoms with Gasteiger partial charge in [0.1, 0.15) is 0 Å². The third-order valence-electron chi connectivity index (χ3n) is 3.50. The lowest BCUT2D eigenvalue weighted by atomic mass is 9.69. The highest BCUT2D eigenvalue weighted by Gasteiger charge is 2.31. The molecule has 1 aliphatic carbocycles. The molecular formula is C12H23Cl. The van der Waals surface area contributed by atoms with Crippen molar-refractivity contribution in [1.82, 2.24) is 0 Å². The molecule has 0 heterocycles. The molecule has 0 spiro atoms. The van der Waals surface area contributed by atoms with Gasteiger partial charge in [0, 0.05) is 5.88 Å². The van der Waals surface area contributed by atoms with Gasteiger partial charge in [-0.2, -0.15) is 0 Å². The predicted octanol–water partition coefficient (Wildman–Crippen LogP) is 4.47. The van der Waals surface area contributed by atoms with Crippen molar-refractivity contribution in [3.05, 3.63) is 0 Å². The Bertz CT molecular complexity index is 140. The van der Waals surface area contributed by atoms with Gasteiger partial charge in [0.25, 0.3) is 0 Å². The topological polar surface area (TPSA) is 0 Å². The minimum absolute atomic E-state index is 0.393. The van der Waals surface area contributed by atoms with Crippen LogP contribution in [0.25, 0.3) is 0 Å². The third kappa shape index (κ3) is 3.16. The summed E-state index contributed by atoms with van der Waals surface area (Å²) in [5.41, 5.74) is 0.393. The molecule has 0 amide bonds. The van der Waals surface area contributed by atoms with Gasteiger partial charge in [0.05, 0.1) is 0 Å². The minimum Gasteiger partial charge on any atom is -0.126 e. The monoisotopic (exact) mass is 202 g/mol. The highest BCUT2D eigenvalue weighted by Crippen LogP contribution is 2.40. The van der Waals surface area contributed by atoms with Gasteiger partial charge in [-0.15, -0.1) is 11.6 Å². The summed E-state index contributed by atoms with van der Waals surface area (Å²) in [5, 5.41) is 0. The summed E-state index contributed by atoms with van der Waals surface area (Å²) in [6.45, 7) is 6.98. The van der Waals surface area contributed by atoms with E-state index >= 15 is 0 Å². The van der Waals surface area contributed by atoms with Crippen LogP contribution in [-0.2, 0) is 0 Å². The van der Waals surface area contributed by atoms with Crippen molar-refractivity contribution in [3.63, 3.8) is 0 Å². The van der Waals surface area contributed by atoms with E-state index < -0.39 is 0 Å². The molecule has 0 aliphatic heterocycles. The Morgan fingerprint density at radius 3 is 2.08 bits per heavy atom. The summed E-state index contributed by atoms with van der Waals surface area (Å²) >= 11 is 6.09. The van der Waals surface area contributed by atoms with Crippen LogP contribution in [0, 0.1) is 17.3 Å². The predicted molar refractivity (Wildman–Crippen MR) is 60.2 cm³/mol. The Labute approximate surface area is 88.1 Å². The first-order valence-corrected chi connectivity index (χ1v) is 6.15. The van der Waals surface area contributed by atoms with E-state index in [2.05, 4.69) is 20.8 Å². The second-order valence-electron chi connectivity index (χ2n) is 5.52. The molecule has 1 fully saturated rings. The molecule has 1 atom stereocenters. The van der Waals surface area contributed by atoms with Gasteiger partial charge in [0.2, 0.25) is 0 Å². The quantitative estimate of drug-likeness (QED) is 0.580. The molecule has 0 bridgehead atoms. The van der Waals surface area contributed by atoms with E-state index in [0.717, 1.165) is 17.7 Å². The Morgan fingerprint density at radius 1 is 1.15 bits per heavy atom. The Hall–Kier alpha value is 0.290. The SMILES string of the molecule is CC(C)(C)C(CCl)C1CCCCC1. The van der Waals surface area contributed by atoms with Crippen LogP contribution >= 0.6 is 11.6 Å². The molecule has 1 heteroatoms. The maximum absolute atomic E-state index is 6.09. The molecule has 0 saturated heterocycles. The first kappa shape index (κ1) is 11.4. The standard InChI is InChI=1S/C12H23Cl/c1-12(2,3)11(9-13)10-7-5-4-6-8-10/h10-11H,4-9H2,1-3H3. The van der Waals surface area contributed by atoms with Gasteiger partial charge < -0.3 is 0 Å². The van der Waals surface area contributed by atoms with Crippen molar-refractivity contribution in [2.24, 2.45) is 17.3 Å². The fraction of sp³-hybridized carbons (Fsp3) is 1.00. The average Bonchev–Trinajstić information content (AvgIpc) is 2.05. The minimum atomic E-state index is 0.393. The van der Waals surface area contributed by atoms with Crippen LogP contribution < -0.4 is 0 Å². The van der Waals surface area contributed by atoms with E-state index in [1.54, 1.807) is 0 Å². The molecular weight excluding hydrogens is 180 g/mol. The van der Waals surface area contributed by atoms with Crippen molar-refractivity contribution >= 4 is 11.6 Å². The van der Waals surface area contributed by atoms with Crippen molar-refractivity contribution < 1.29 is 0 Å². The van der Waals surface area contributed by atoms with Crippen LogP contribution in [-0.4, -0.2) is 5.88 Å². The zero-order valence-corrected chi connectivity index (χ0v) is 10.0. The van der Waals surface area contributed by atoms with E-state index in [4.69, 9.17) is 11.6 Å². The molecule has 13 heavy (non-hydrogen) atoms. The van der Waals surface area contributed by atoms with E-state index in [0.29, 0.717) is 5.41 Å². The van der Waals surface area contributed by atoms with Crippen LogP contribution in [0.3, 0.4) is 0 Å². The number of alkyl halides is 1. The lowest BCUT2D eigenvalue weighted by Crippen LogP contribution is -2.31. The maximum Gasteiger partial charge on any atom is 0.0259 e. The summed E-state index contributed by atoms with van der Waals surface area (Å²) in [6, 6.07) is 0. The van der Waals surface area contributed by atoms with Gasteiger partial charge in [-0.3, -0.25) is 0 Å². The first-order valence-electron chi connectivity index (χ1n) is 5.61. The highest BCUT2D eigenvalue weighted by atomic mass is 35.5. The lowest BCUT2D eigenvalue weighted by molar-refractivity contribution is 0.144. The smallest absolute Gasteiger partial charge is 0.0259 e. The molecule has 1 saturated carbocycles. The van der Waals surface area contributed by atoms with Gasteiger partial charge in [-0.25, -0.2) is 0 Å². The van der Waals surface area contributed by atoms with E-state index in [1.807, 2.05) is 0 Å². The summed E-state index contributed by atoms with van der Waals surface area (Å²) in [5.74, 6) is 2.45. The molecule has 0 radical (unpaired) electrons. The first-order chi connectivity index (χ1) is 6.05. The maximum atomic E-state index is 6.09. The third-order valence-corrected chi connectivity index (χ3v) is 3.83. The highest BCUT2D eigenvalue weighted by molar-refractivity contribution is 6.18. The Balaban J connectivity index is 2.54. The fourth-order valence-electron chi connectivity index (χ4n) is 2.60. The van der Waals surface area contributed by atoms with Crippen molar-refractivity contribution in [1.29, 1.82) is 0 Å². The summed E-state index contributed by atoms with van der Waals surface area (Å²) in [6.07, 6.45) is 7.11. The lowest BCUT2D eigenvalue weighted by Gasteiger charge is -2.38. The molecule has 0 aromatic carbocycles. The van der Waals surface area contributed by atoms with Crippen LogP contribution in [0.15, 0.2) is 0 Å². The van der Waals surface area contributed by atoms with Gasteiger partial charge in [-0.1, -0.05) is 52.9 Å². The second kappa shape index (κ2) is 4.68. The normalized spacial score (nSPS) is 23.1. The molecule has 78 valence electrons. The van der Waals surface area contributed by atoms with Crippen LogP contribution in [0.2, 0.25) is 0 Å². The zero-order chi connectivity index (χ0) is 9.90. The Morgan fingerprint density at radius 2 is 1.69 bits per heavy atom. The molecule has 0 aromatic rings. The molecule has 0 nitrogen and oxygen atoms in total. The molecule has 1 unspecified atom stereocenters. The molecule has 0 aromatic heterocycles. The van der Waals surface area contributed by atoms with Gasteiger partial charge in [0.15, 0.2) is 0 Å². The number of halogens is 1. The largest absolute Gasteiger partial charge is 0.126 e. The summed E-state index contributed by atoms with van der Waals surface area (Å²) in [4.78, 5) is 0. The van der Waals surface area contributed by atoms with Crippen molar-refractivity contribution in [3.8, 4) is 0 Å². The van der Waals surface area contributed by atoms with Gasteiger partial charge >= 0.3 is 0 Å². The summed E-state index contributed by atoms with van der Waals surface area (Å²) < 4.78 is 0. The molecule has 1 rings (SSSR count). The fourth-order valence-corrected chi connectivity index (χ4v) is 3.32. The van der Waals surface area contributed by atoms with Crippen LogP contribution in [0.4, 0.5) is 0 Å².